The first-order chi connectivity index (χ1) is 22.3. The number of halogens is 3. The Morgan fingerprint density at radius 3 is 2.26 bits per heavy atom. The minimum atomic E-state index is -2.12. The first-order valence-corrected chi connectivity index (χ1v) is 15.5. The summed E-state index contributed by atoms with van der Waals surface area (Å²) < 4.78 is 24.3. The SMILES string of the molecule is COc1cc(C=C[C@H]2C3=CC[C@@H]4C(=O)N(CCC(=O)O)C(=O)[C@@H]4[C@@H]3C[C@@]3(Cl)C(=O)N(c4ccc(F)cc4)C(=O)[C@@]23Cl)cc(OC)c1O. The number of phenols is 1. The molecule has 2 heterocycles. The van der Waals surface area contributed by atoms with Gasteiger partial charge in [-0.15, -0.1) is 23.2 Å². The van der Waals surface area contributed by atoms with Crippen LogP contribution in [0.4, 0.5) is 10.1 Å². The van der Waals surface area contributed by atoms with E-state index < -0.39 is 75.3 Å². The van der Waals surface area contributed by atoms with E-state index in [1.165, 1.54) is 38.5 Å². The molecule has 0 unspecified atom stereocenters. The minimum absolute atomic E-state index is 0.0494. The molecule has 4 amide bonds. The topological polar surface area (TPSA) is 151 Å². The molecular formula is C33H29Cl2FN2O9. The number of alkyl halides is 2. The molecule has 2 aromatic carbocycles. The quantitative estimate of drug-likeness (QED) is 0.237. The van der Waals surface area contributed by atoms with Crippen LogP contribution in [0.3, 0.4) is 0 Å². The number of carbonyl (C=O) groups is 5. The molecule has 47 heavy (non-hydrogen) atoms. The van der Waals surface area contributed by atoms with Gasteiger partial charge in [-0.3, -0.25) is 28.9 Å². The van der Waals surface area contributed by atoms with E-state index in [1.54, 1.807) is 18.2 Å². The van der Waals surface area contributed by atoms with Gasteiger partial charge in [0.2, 0.25) is 17.6 Å². The average Bonchev–Trinajstić information content (AvgIpc) is 3.37. The maximum Gasteiger partial charge on any atom is 0.305 e. The second-order valence-electron chi connectivity index (χ2n) is 11.9. The summed E-state index contributed by atoms with van der Waals surface area (Å²) in [6.07, 6.45) is 4.31. The van der Waals surface area contributed by atoms with Crippen molar-refractivity contribution in [1.29, 1.82) is 0 Å². The number of benzene rings is 2. The van der Waals surface area contributed by atoms with Gasteiger partial charge in [0.15, 0.2) is 21.2 Å². The summed E-state index contributed by atoms with van der Waals surface area (Å²) in [5.41, 5.74) is 1.04. The lowest BCUT2D eigenvalue weighted by Gasteiger charge is -2.49. The summed E-state index contributed by atoms with van der Waals surface area (Å²) in [6, 6.07) is 7.71. The molecule has 2 saturated heterocycles. The first-order valence-electron chi connectivity index (χ1n) is 14.7. The summed E-state index contributed by atoms with van der Waals surface area (Å²) in [5, 5.41) is 19.6. The molecule has 6 rings (SSSR count). The summed E-state index contributed by atoms with van der Waals surface area (Å²) in [5.74, 6) is -8.30. The van der Waals surface area contributed by atoms with Gasteiger partial charge in [0.1, 0.15) is 5.82 Å². The van der Waals surface area contributed by atoms with Crippen molar-refractivity contribution in [3.8, 4) is 17.2 Å². The van der Waals surface area contributed by atoms with Crippen LogP contribution in [0.2, 0.25) is 0 Å². The van der Waals surface area contributed by atoms with Crippen molar-refractivity contribution in [2.24, 2.45) is 23.7 Å². The predicted molar refractivity (Wildman–Crippen MR) is 167 cm³/mol. The zero-order valence-electron chi connectivity index (χ0n) is 25.1. The van der Waals surface area contributed by atoms with E-state index in [2.05, 4.69) is 0 Å². The number of carboxylic acids is 1. The number of ether oxygens (including phenoxy) is 2. The first kappa shape index (κ1) is 32.5. The van der Waals surface area contributed by atoms with Gasteiger partial charge in [-0.25, -0.2) is 9.29 Å². The molecule has 0 bridgehead atoms. The number of hydrogen-bond acceptors (Lipinski definition) is 8. The number of likely N-dealkylation sites (tertiary alicyclic amines) is 1. The molecule has 2 aliphatic heterocycles. The van der Waals surface area contributed by atoms with Crippen LogP contribution in [0.15, 0.2) is 54.1 Å². The highest BCUT2D eigenvalue weighted by atomic mass is 35.5. The van der Waals surface area contributed by atoms with Crippen LogP contribution >= 0.6 is 23.2 Å². The number of hydrogen-bond donors (Lipinski definition) is 2. The van der Waals surface area contributed by atoms with Gasteiger partial charge < -0.3 is 19.7 Å². The van der Waals surface area contributed by atoms with E-state index in [0.717, 1.165) is 21.9 Å². The third-order valence-corrected chi connectivity index (χ3v) is 11.0. The Balaban J connectivity index is 1.49. The number of anilines is 1. The molecule has 0 spiro atoms. The lowest BCUT2D eigenvalue weighted by molar-refractivity contribution is -0.142. The maximum atomic E-state index is 14.3. The van der Waals surface area contributed by atoms with E-state index >= 15 is 0 Å². The highest BCUT2D eigenvalue weighted by molar-refractivity contribution is 6.58. The fraction of sp³-hybridized carbons (Fsp3) is 0.364. The van der Waals surface area contributed by atoms with Gasteiger partial charge in [0.05, 0.1) is 38.2 Å². The Hall–Kier alpha value is -4.42. The molecule has 2 aromatic rings. The van der Waals surface area contributed by atoms with Crippen LogP contribution < -0.4 is 14.4 Å². The number of aromatic hydroxyl groups is 1. The fourth-order valence-corrected chi connectivity index (χ4v) is 8.25. The van der Waals surface area contributed by atoms with Gasteiger partial charge in [0.25, 0.3) is 11.8 Å². The van der Waals surface area contributed by atoms with Crippen molar-refractivity contribution < 1.29 is 48.0 Å². The molecule has 246 valence electrons. The summed E-state index contributed by atoms with van der Waals surface area (Å²) in [6.45, 7) is -0.308. The minimum Gasteiger partial charge on any atom is -0.502 e. The molecule has 0 radical (unpaired) electrons. The van der Waals surface area contributed by atoms with Crippen LogP contribution in [-0.4, -0.2) is 75.2 Å². The van der Waals surface area contributed by atoms with E-state index in [1.807, 2.05) is 0 Å². The molecule has 0 aromatic heterocycles. The Labute approximate surface area is 278 Å². The molecule has 4 aliphatic rings. The fourth-order valence-electron chi connectivity index (χ4n) is 7.36. The molecule has 2 N–H and O–H groups in total. The summed E-state index contributed by atoms with van der Waals surface area (Å²) in [4.78, 5) is 64.4. The number of amides is 4. The number of carboxylic acid groups (broad SMARTS) is 1. The van der Waals surface area contributed by atoms with Gasteiger partial charge in [-0.2, -0.15) is 0 Å². The molecular weight excluding hydrogens is 658 g/mol. The highest BCUT2D eigenvalue weighted by Gasteiger charge is 2.76. The average molecular weight is 688 g/mol. The van der Waals surface area contributed by atoms with E-state index in [0.29, 0.717) is 11.1 Å². The number of carbonyl (C=O) groups excluding carboxylic acids is 4. The predicted octanol–water partition coefficient (Wildman–Crippen LogP) is 4.13. The lowest BCUT2D eigenvalue weighted by Crippen LogP contribution is -2.60. The Morgan fingerprint density at radius 1 is 1.02 bits per heavy atom. The largest absolute Gasteiger partial charge is 0.502 e. The number of allylic oxidation sites excluding steroid dienone is 3. The van der Waals surface area contributed by atoms with Gasteiger partial charge in [-0.05, 0) is 60.7 Å². The summed E-state index contributed by atoms with van der Waals surface area (Å²) >= 11 is 14.5. The van der Waals surface area contributed by atoms with Crippen LogP contribution in [0.1, 0.15) is 24.8 Å². The van der Waals surface area contributed by atoms with E-state index in [9.17, 15) is 38.6 Å². The normalized spacial score (nSPS) is 29.9. The smallest absolute Gasteiger partial charge is 0.305 e. The number of fused-ring (bicyclic) bond motifs is 4. The van der Waals surface area contributed by atoms with Crippen molar-refractivity contribution in [3.63, 3.8) is 0 Å². The van der Waals surface area contributed by atoms with Crippen molar-refractivity contribution in [2.45, 2.75) is 29.0 Å². The number of imide groups is 2. The Bertz CT molecular complexity index is 1750. The Kier molecular flexibility index (Phi) is 8.08. The molecule has 3 fully saturated rings. The van der Waals surface area contributed by atoms with Crippen LogP contribution in [0.25, 0.3) is 6.08 Å². The molecule has 2 aliphatic carbocycles. The monoisotopic (exact) mass is 686 g/mol. The number of aliphatic carboxylic acids is 1. The zero-order chi connectivity index (χ0) is 34.0. The molecule has 11 nitrogen and oxygen atoms in total. The standard InChI is InChI=1S/C33H29Cl2FN2O9/c1-46-23-13-16(14-24(47-2)27(23)41)3-10-22-19-8-9-20-26(29(43)37(28(20)42)12-11-25(39)40)21(19)15-32(34)30(44)38(31(45)33(22,32)35)18-6-4-17(36)5-7-18/h3-8,10,13-14,20-22,26,41H,9,11-12,15H2,1-2H3,(H,39,40)/t20-,21+,22-,26-,32+,33-/m0/s1. The third-order valence-electron chi connectivity index (χ3n) is 9.58. The van der Waals surface area contributed by atoms with Gasteiger partial charge in [0, 0.05) is 12.5 Å². The van der Waals surface area contributed by atoms with Crippen LogP contribution in [0, 0.1) is 29.5 Å². The second kappa shape index (κ2) is 11.7. The van der Waals surface area contributed by atoms with Crippen LogP contribution in [0.5, 0.6) is 17.2 Å². The molecule has 6 atom stereocenters. The van der Waals surface area contributed by atoms with Crippen molar-refractivity contribution in [3.05, 3.63) is 65.5 Å². The van der Waals surface area contributed by atoms with Crippen molar-refractivity contribution in [1.82, 2.24) is 4.90 Å². The number of rotatable bonds is 8. The number of phenolic OH excluding ortho intramolecular Hbond substituents is 1. The van der Waals surface area contributed by atoms with Gasteiger partial charge >= 0.3 is 5.97 Å². The highest BCUT2D eigenvalue weighted by Crippen LogP contribution is 2.63. The number of nitrogens with zero attached hydrogens (tertiary/aromatic N) is 2. The molecule has 1 saturated carbocycles. The molecule has 14 heteroatoms. The van der Waals surface area contributed by atoms with Crippen molar-refractivity contribution in [2.75, 3.05) is 25.7 Å². The maximum absolute atomic E-state index is 14.3. The number of methoxy groups -OCH3 is 2. The third kappa shape index (κ3) is 4.79. The van der Waals surface area contributed by atoms with E-state index in [4.69, 9.17) is 32.7 Å². The Morgan fingerprint density at radius 2 is 1.66 bits per heavy atom. The van der Waals surface area contributed by atoms with E-state index in [-0.39, 0.29) is 42.3 Å². The second-order valence-corrected chi connectivity index (χ2v) is 13.1. The van der Waals surface area contributed by atoms with Crippen LogP contribution in [-0.2, 0) is 24.0 Å². The summed E-state index contributed by atoms with van der Waals surface area (Å²) in [7, 11) is 2.72. The van der Waals surface area contributed by atoms with Gasteiger partial charge in [-0.1, -0.05) is 23.8 Å². The zero-order valence-corrected chi connectivity index (χ0v) is 26.6. The lowest BCUT2D eigenvalue weighted by atomic mass is 9.57. The van der Waals surface area contributed by atoms with Crippen molar-refractivity contribution >= 4 is 64.6 Å².